The summed E-state index contributed by atoms with van der Waals surface area (Å²) in [6, 6.07) is 11.0. The number of hydrogen-bond acceptors (Lipinski definition) is 4. The van der Waals surface area contributed by atoms with Crippen molar-refractivity contribution < 1.29 is 9.53 Å². The predicted octanol–water partition coefficient (Wildman–Crippen LogP) is 3.36. The van der Waals surface area contributed by atoms with Gasteiger partial charge in [-0.05, 0) is 55.4 Å². The molecule has 1 aliphatic heterocycles. The van der Waals surface area contributed by atoms with Crippen molar-refractivity contribution in [1.82, 2.24) is 15.2 Å². The molecule has 2 aromatic rings. The maximum absolute atomic E-state index is 12.4. The number of carbonyl (C=O) groups excluding carboxylic acids is 1. The fraction of sp³-hybridized carbons (Fsp3) is 0.478. The molecule has 1 N–H and O–H groups in total. The number of nitrogens with one attached hydrogen (secondary N) is 1. The molecule has 1 fully saturated rings. The second kappa shape index (κ2) is 8.74. The first-order chi connectivity index (χ1) is 13.7. The van der Waals surface area contributed by atoms with Crippen molar-refractivity contribution in [3.8, 4) is 5.88 Å². The van der Waals surface area contributed by atoms with E-state index in [-0.39, 0.29) is 5.91 Å². The quantitative estimate of drug-likeness (QED) is 0.836. The van der Waals surface area contributed by atoms with Crippen molar-refractivity contribution in [2.24, 2.45) is 0 Å². The molecular weight excluding hydrogens is 350 g/mol. The fourth-order valence-corrected chi connectivity index (χ4v) is 4.06. The zero-order chi connectivity index (χ0) is 19.3. The lowest BCUT2D eigenvalue weighted by Crippen LogP contribution is -2.41. The molecule has 0 saturated heterocycles. The first-order valence-corrected chi connectivity index (χ1v) is 10.4. The number of carbonyl (C=O) groups is 1. The molecule has 1 aliphatic carbocycles. The zero-order valence-electron chi connectivity index (χ0n) is 16.6. The molecule has 1 aromatic carbocycles. The molecule has 0 bridgehead atoms. The van der Waals surface area contributed by atoms with Crippen molar-refractivity contribution in [2.75, 3.05) is 19.7 Å². The SMILES string of the molecule is CCOc1ccc(C(=O)NCc2ccc3c(c2)CCN(C2CCC2)CC3)cn1. The molecule has 0 atom stereocenters. The molecule has 0 radical (unpaired) electrons. The highest BCUT2D eigenvalue weighted by Gasteiger charge is 2.26. The van der Waals surface area contributed by atoms with Crippen LogP contribution >= 0.6 is 0 Å². The number of ether oxygens (including phenoxy) is 1. The number of pyridine rings is 1. The van der Waals surface area contributed by atoms with Crippen molar-refractivity contribution >= 4 is 5.91 Å². The maximum Gasteiger partial charge on any atom is 0.253 e. The number of nitrogens with zero attached hydrogens (tertiary/aromatic N) is 2. The van der Waals surface area contributed by atoms with E-state index in [1.807, 2.05) is 6.92 Å². The second-order valence-corrected chi connectivity index (χ2v) is 7.72. The van der Waals surface area contributed by atoms with Crippen molar-refractivity contribution in [1.29, 1.82) is 0 Å². The number of amides is 1. The summed E-state index contributed by atoms with van der Waals surface area (Å²) in [6.45, 7) is 5.35. The molecule has 1 aromatic heterocycles. The number of hydrogen-bond donors (Lipinski definition) is 1. The van der Waals surface area contributed by atoms with E-state index in [4.69, 9.17) is 4.74 Å². The number of benzene rings is 1. The van der Waals surface area contributed by atoms with Gasteiger partial charge in [-0.2, -0.15) is 0 Å². The van der Waals surface area contributed by atoms with Crippen molar-refractivity contribution in [2.45, 2.75) is 51.6 Å². The topological polar surface area (TPSA) is 54.5 Å². The lowest BCUT2D eigenvalue weighted by molar-refractivity contribution is 0.0950. The van der Waals surface area contributed by atoms with Crippen LogP contribution in [0.3, 0.4) is 0 Å². The standard InChI is InChI=1S/C23H29N3O2/c1-2-28-22-9-8-20(16-24-22)23(27)25-15-17-6-7-18-10-12-26(21-4-3-5-21)13-11-19(18)14-17/h6-9,14,16,21H,2-5,10-13,15H2,1H3,(H,25,27). The molecule has 28 heavy (non-hydrogen) atoms. The van der Waals surface area contributed by atoms with Gasteiger partial charge in [-0.1, -0.05) is 24.6 Å². The third kappa shape index (κ3) is 4.36. The highest BCUT2D eigenvalue weighted by Crippen LogP contribution is 2.27. The van der Waals surface area contributed by atoms with Crippen molar-refractivity contribution in [3.63, 3.8) is 0 Å². The van der Waals surface area contributed by atoms with Crippen molar-refractivity contribution in [3.05, 3.63) is 58.8 Å². The Morgan fingerprint density at radius 1 is 1.18 bits per heavy atom. The van der Waals surface area contributed by atoms with E-state index in [9.17, 15) is 4.79 Å². The Balaban J connectivity index is 1.34. The van der Waals surface area contributed by atoms with Gasteiger partial charge >= 0.3 is 0 Å². The summed E-state index contributed by atoms with van der Waals surface area (Å²) < 4.78 is 5.32. The third-order valence-electron chi connectivity index (χ3n) is 5.94. The van der Waals surface area contributed by atoms with Crippen LogP contribution in [0.15, 0.2) is 36.5 Å². The molecule has 5 nitrogen and oxygen atoms in total. The normalized spacial score (nSPS) is 17.3. The van der Waals surface area contributed by atoms with Crippen LogP contribution < -0.4 is 10.1 Å². The van der Waals surface area contributed by atoms with Gasteiger partial charge in [-0.3, -0.25) is 9.69 Å². The van der Waals surface area contributed by atoms with E-state index < -0.39 is 0 Å². The Morgan fingerprint density at radius 2 is 2.00 bits per heavy atom. The van der Waals surface area contributed by atoms with E-state index in [2.05, 4.69) is 33.4 Å². The van der Waals surface area contributed by atoms with Gasteiger partial charge in [0, 0.05) is 37.9 Å². The number of aromatic nitrogens is 1. The van der Waals surface area contributed by atoms with Gasteiger partial charge in [-0.15, -0.1) is 0 Å². The summed E-state index contributed by atoms with van der Waals surface area (Å²) >= 11 is 0. The molecular formula is C23H29N3O2. The minimum absolute atomic E-state index is 0.110. The smallest absolute Gasteiger partial charge is 0.253 e. The Hall–Kier alpha value is -2.40. The van der Waals surface area contributed by atoms with Crippen LogP contribution in [0.2, 0.25) is 0 Å². The van der Waals surface area contributed by atoms with Gasteiger partial charge < -0.3 is 10.1 Å². The Bertz CT molecular complexity index is 815. The van der Waals surface area contributed by atoms with Gasteiger partial charge in [0.05, 0.1) is 12.2 Å². The monoisotopic (exact) mass is 379 g/mol. The summed E-state index contributed by atoms with van der Waals surface area (Å²) in [5.74, 6) is 0.433. The number of rotatable bonds is 6. The largest absolute Gasteiger partial charge is 0.478 e. The average molecular weight is 380 g/mol. The minimum Gasteiger partial charge on any atom is -0.478 e. The third-order valence-corrected chi connectivity index (χ3v) is 5.94. The maximum atomic E-state index is 12.4. The van der Waals surface area contributed by atoms with Crippen LogP contribution in [0, 0.1) is 0 Å². The molecule has 1 saturated carbocycles. The highest BCUT2D eigenvalue weighted by molar-refractivity contribution is 5.93. The average Bonchev–Trinajstić information content (AvgIpc) is 2.88. The van der Waals surface area contributed by atoms with E-state index >= 15 is 0 Å². The summed E-state index contributed by atoms with van der Waals surface area (Å²) in [6.07, 6.45) is 7.93. The van der Waals surface area contributed by atoms with Gasteiger partial charge in [0.2, 0.25) is 5.88 Å². The molecule has 5 heteroatoms. The first kappa shape index (κ1) is 18.9. The summed E-state index contributed by atoms with van der Waals surface area (Å²) in [4.78, 5) is 19.2. The van der Waals surface area contributed by atoms with Gasteiger partial charge in [0.15, 0.2) is 0 Å². The second-order valence-electron chi connectivity index (χ2n) is 7.72. The molecule has 0 spiro atoms. The predicted molar refractivity (Wildman–Crippen MR) is 110 cm³/mol. The van der Waals surface area contributed by atoms with E-state index in [0.29, 0.717) is 24.6 Å². The van der Waals surface area contributed by atoms with E-state index in [1.54, 1.807) is 18.3 Å². The lowest BCUT2D eigenvalue weighted by Gasteiger charge is -2.36. The molecule has 0 unspecified atom stereocenters. The van der Waals surface area contributed by atoms with Gasteiger partial charge in [0.25, 0.3) is 5.91 Å². The summed E-state index contributed by atoms with van der Waals surface area (Å²) in [7, 11) is 0. The fourth-order valence-electron chi connectivity index (χ4n) is 4.06. The Labute approximate surface area is 167 Å². The van der Waals surface area contributed by atoms with E-state index in [1.165, 1.54) is 36.9 Å². The summed E-state index contributed by atoms with van der Waals surface area (Å²) in [5, 5.41) is 3.00. The van der Waals surface area contributed by atoms with Crippen LogP contribution in [-0.4, -0.2) is 41.5 Å². The molecule has 2 aliphatic rings. The molecule has 4 rings (SSSR count). The zero-order valence-corrected chi connectivity index (χ0v) is 16.6. The van der Waals surface area contributed by atoms with E-state index in [0.717, 1.165) is 31.0 Å². The summed E-state index contributed by atoms with van der Waals surface area (Å²) in [5.41, 5.74) is 4.61. The minimum atomic E-state index is -0.110. The highest BCUT2D eigenvalue weighted by atomic mass is 16.5. The van der Waals surface area contributed by atoms with Gasteiger partial charge in [-0.25, -0.2) is 4.98 Å². The number of fused-ring (bicyclic) bond motifs is 1. The van der Waals surface area contributed by atoms with Gasteiger partial charge in [0.1, 0.15) is 0 Å². The van der Waals surface area contributed by atoms with Crippen LogP contribution in [-0.2, 0) is 19.4 Å². The Morgan fingerprint density at radius 3 is 2.68 bits per heavy atom. The van der Waals surface area contributed by atoms with Crippen LogP contribution in [0.5, 0.6) is 5.88 Å². The Kier molecular flexibility index (Phi) is 5.91. The van der Waals surface area contributed by atoms with Crippen LogP contribution in [0.25, 0.3) is 0 Å². The van der Waals surface area contributed by atoms with Crippen LogP contribution in [0.4, 0.5) is 0 Å². The lowest BCUT2D eigenvalue weighted by atomic mass is 9.91. The molecule has 148 valence electrons. The molecule has 2 heterocycles. The van der Waals surface area contributed by atoms with Crippen LogP contribution in [0.1, 0.15) is 53.2 Å². The molecule has 1 amide bonds. The first-order valence-electron chi connectivity index (χ1n) is 10.4.